The van der Waals surface area contributed by atoms with Gasteiger partial charge in [-0.15, -0.1) is 0 Å². The first-order valence-electron chi connectivity index (χ1n) is 22.2. The molecule has 0 rings (SSSR count). The van der Waals surface area contributed by atoms with Crippen molar-refractivity contribution < 1.29 is 37.6 Å². The first-order valence-corrected chi connectivity index (χ1v) is 23.7. The molecule has 0 aromatic carbocycles. The van der Waals surface area contributed by atoms with Crippen molar-refractivity contribution in [1.29, 1.82) is 0 Å². The van der Waals surface area contributed by atoms with Crippen LogP contribution in [0.4, 0.5) is 0 Å². The number of rotatable bonds is 40. The molecule has 10 heteroatoms. The summed E-state index contributed by atoms with van der Waals surface area (Å²) in [6.45, 7) is 4.18. The van der Waals surface area contributed by atoms with Crippen LogP contribution < -0.4 is 0 Å². The van der Waals surface area contributed by atoms with E-state index in [1.165, 1.54) is 70.6 Å². The smallest absolute Gasteiger partial charge is 0.462 e. The molecule has 0 bridgehead atoms. The Morgan fingerprint density at radius 3 is 1.53 bits per heavy atom. The van der Waals surface area contributed by atoms with Gasteiger partial charge in [0.2, 0.25) is 0 Å². The number of carbonyl (C=O) groups excluding carboxylic acids is 2. The van der Waals surface area contributed by atoms with Crippen LogP contribution >= 0.6 is 7.82 Å². The standard InChI is InChI=1S/C47H82NO8P/c1-5-7-9-11-13-15-17-19-21-22-23-24-26-27-29-31-33-35-37-39-46(49)53-43-45(44-55-57(51,52)54-42-41-48(3)4)56-47(50)40-38-36-34-32-30-28-25-20-18-16-14-12-10-8-6-2/h13,15,19-21,23-25,27,29,33,35,45H,5-12,14,16-18,22,26,28,30-32,34,36-44H2,1-4H3,(H,51,52)/b15-13-,21-19-,24-23-,25-20-,29-27-,35-33-. The van der Waals surface area contributed by atoms with Crippen LogP contribution in [0.3, 0.4) is 0 Å². The summed E-state index contributed by atoms with van der Waals surface area (Å²) in [4.78, 5) is 37.0. The van der Waals surface area contributed by atoms with Crippen molar-refractivity contribution in [1.82, 2.24) is 4.90 Å². The summed E-state index contributed by atoms with van der Waals surface area (Å²) in [5, 5.41) is 0. The summed E-state index contributed by atoms with van der Waals surface area (Å²) in [6.07, 6.45) is 49.6. The molecular weight excluding hydrogens is 737 g/mol. The second-order valence-corrected chi connectivity index (χ2v) is 16.3. The lowest BCUT2D eigenvalue weighted by Gasteiger charge is -2.20. The molecule has 9 nitrogen and oxygen atoms in total. The highest BCUT2D eigenvalue weighted by Gasteiger charge is 2.26. The van der Waals surface area contributed by atoms with Crippen molar-refractivity contribution in [2.75, 3.05) is 40.5 Å². The van der Waals surface area contributed by atoms with Crippen molar-refractivity contribution in [3.05, 3.63) is 72.9 Å². The number of phosphoric acid groups is 1. The van der Waals surface area contributed by atoms with Crippen LogP contribution in [0.15, 0.2) is 72.9 Å². The number of unbranched alkanes of at least 4 members (excludes halogenated alkanes) is 14. The quantitative estimate of drug-likeness (QED) is 0.0279. The highest BCUT2D eigenvalue weighted by molar-refractivity contribution is 7.47. The van der Waals surface area contributed by atoms with E-state index in [1.807, 2.05) is 26.2 Å². The average Bonchev–Trinajstić information content (AvgIpc) is 3.18. The Bertz CT molecular complexity index is 1180. The number of phosphoric ester groups is 1. The van der Waals surface area contributed by atoms with Crippen LogP contribution in [0.1, 0.15) is 168 Å². The van der Waals surface area contributed by atoms with Gasteiger partial charge in [-0.3, -0.25) is 18.6 Å². The minimum absolute atomic E-state index is 0.00830. The number of carbonyl (C=O) groups is 2. The molecule has 0 aliphatic carbocycles. The Morgan fingerprint density at radius 1 is 0.544 bits per heavy atom. The van der Waals surface area contributed by atoms with E-state index in [9.17, 15) is 19.0 Å². The molecule has 2 atom stereocenters. The average molecular weight is 820 g/mol. The normalized spacial score (nSPS) is 14.1. The van der Waals surface area contributed by atoms with Crippen LogP contribution in [0.25, 0.3) is 0 Å². The lowest BCUT2D eigenvalue weighted by Crippen LogP contribution is -2.29. The molecule has 57 heavy (non-hydrogen) atoms. The van der Waals surface area contributed by atoms with Gasteiger partial charge in [0, 0.05) is 19.4 Å². The highest BCUT2D eigenvalue weighted by Crippen LogP contribution is 2.43. The van der Waals surface area contributed by atoms with Gasteiger partial charge in [0.15, 0.2) is 6.10 Å². The zero-order valence-corrected chi connectivity index (χ0v) is 37.4. The van der Waals surface area contributed by atoms with Gasteiger partial charge in [0.1, 0.15) is 6.61 Å². The molecule has 0 heterocycles. The summed E-state index contributed by atoms with van der Waals surface area (Å²) in [6, 6.07) is 0. The third-order valence-corrected chi connectivity index (χ3v) is 9.98. The maximum Gasteiger partial charge on any atom is 0.472 e. The highest BCUT2D eigenvalue weighted by atomic mass is 31.2. The Hall–Kier alpha value is -2.55. The maximum atomic E-state index is 12.6. The molecule has 0 radical (unpaired) electrons. The van der Waals surface area contributed by atoms with Gasteiger partial charge < -0.3 is 19.3 Å². The third kappa shape index (κ3) is 42.9. The minimum Gasteiger partial charge on any atom is -0.462 e. The molecule has 328 valence electrons. The monoisotopic (exact) mass is 820 g/mol. The molecular formula is C47H82NO8P. The van der Waals surface area contributed by atoms with Gasteiger partial charge in [-0.05, 0) is 91.1 Å². The van der Waals surface area contributed by atoms with Crippen molar-refractivity contribution in [2.45, 2.75) is 174 Å². The number of likely N-dealkylation sites (N-methyl/N-ethyl adjacent to an activating group) is 1. The van der Waals surface area contributed by atoms with Gasteiger partial charge >= 0.3 is 19.8 Å². The van der Waals surface area contributed by atoms with Crippen molar-refractivity contribution in [2.24, 2.45) is 0 Å². The Morgan fingerprint density at radius 2 is 0.982 bits per heavy atom. The van der Waals surface area contributed by atoms with Gasteiger partial charge in [-0.1, -0.05) is 151 Å². The van der Waals surface area contributed by atoms with E-state index in [-0.39, 0.29) is 26.1 Å². The van der Waals surface area contributed by atoms with Gasteiger partial charge in [0.05, 0.1) is 13.2 Å². The van der Waals surface area contributed by atoms with E-state index in [4.69, 9.17) is 18.5 Å². The van der Waals surface area contributed by atoms with Crippen LogP contribution in [-0.2, 0) is 32.7 Å². The van der Waals surface area contributed by atoms with Crippen LogP contribution in [0.2, 0.25) is 0 Å². The molecule has 0 amide bonds. The molecule has 0 saturated heterocycles. The van der Waals surface area contributed by atoms with Gasteiger partial charge in [-0.25, -0.2) is 4.57 Å². The fourth-order valence-electron chi connectivity index (χ4n) is 5.55. The van der Waals surface area contributed by atoms with Crippen molar-refractivity contribution in [3.63, 3.8) is 0 Å². The van der Waals surface area contributed by atoms with Gasteiger partial charge in [0.25, 0.3) is 0 Å². The zero-order chi connectivity index (χ0) is 41.9. The lowest BCUT2D eigenvalue weighted by atomic mass is 10.1. The molecule has 0 aromatic rings. The predicted octanol–water partition coefficient (Wildman–Crippen LogP) is 12.9. The molecule has 2 unspecified atom stereocenters. The van der Waals surface area contributed by atoms with E-state index >= 15 is 0 Å². The summed E-state index contributed by atoms with van der Waals surface area (Å²) in [7, 11) is -0.753. The third-order valence-electron chi connectivity index (χ3n) is 9.00. The fourth-order valence-corrected chi connectivity index (χ4v) is 6.29. The SMILES string of the molecule is CCCCC/C=C\C/C=C\C/C=C\C/C=C\C/C=C\CCC(=O)OCC(COP(=O)(O)OCCN(C)C)OC(=O)CCCCCCC/C=C\CCCCCCCC. The molecule has 0 saturated carbocycles. The second kappa shape index (κ2) is 41.6. The van der Waals surface area contributed by atoms with Crippen molar-refractivity contribution in [3.8, 4) is 0 Å². The van der Waals surface area contributed by atoms with E-state index in [0.717, 1.165) is 57.8 Å². The fraction of sp³-hybridized carbons (Fsp3) is 0.702. The number of hydrogen-bond donors (Lipinski definition) is 1. The number of esters is 2. The molecule has 0 fully saturated rings. The number of hydrogen-bond acceptors (Lipinski definition) is 8. The van der Waals surface area contributed by atoms with E-state index in [2.05, 4.69) is 74.6 Å². The second-order valence-electron chi connectivity index (χ2n) is 14.9. The molecule has 0 aliphatic heterocycles. The van der Waals surface area contributed by atoms with Gasteiger partial charge in [-0.2, -0.15) is 0 Å². The largest absolute Gasteiger partial charge is 0.472 e. The van der Waals surface area contributed by atoms with Crippen LogP contribution in [0, 0.1) is 0 Å². The molecule has 0 spiro atoms. The molecule has 0 aliphatic rings. The Balaban J connectivity index is 4.43. The lowest BCUT2D eigenvalue weighted by molar-refractivity contribution is -0.161. The summed E-state index contributed by atoms with van der Waals surface area (Å²) in [5.41, 5.74) is 0. The summed E-state index contributed by atoms with van der Waals surface area (Å²) >= 11 is 0. The number of nitrogens with zero attached hydrogens (tertiary/aromatic N) is 1. The maximum absolute atomic E-state index is 12.6. The van der Waals surface area contributed by atoms with Crippen LogP contribution in [0.5, 0.6) is 0 Å². The first kappa shape index (κ1) is 54.5. The number of allylic oxidation sites excluding steroid dienone is 12. The topological polar surface area (TPSA) is 112 Å². The summed E-state index contributed by atoms with van der Waals surface area (Å²) in [5.74, 6) is -0.913. The van der Waals surface area contributed by atoms with E-state index < -0.39 is 32.5 Å². The summed E-state index contributed by atoms with van der Waals surface area (Å²) < 4.78 is 33.4. The first-order chi connectivity index (χ1) is 27.7. The van der Waals surface area contributed by atoms with E-state index in [1.54, 1.807) is 4.90 Å². The van der Waals surface area contributed by atoms with E-state index in [0.29, 0.717) is 19.4 Å². The Kier molecular flexibility index (Phi) is 39.7. The molecule has 0 aromatic heterocycles. The zero-order valence-electron chi connectivity index (χ0n) is 36.5. The van der Waals surface area contributed by atoms with Crippen molar-refractivity contribution >= 4 is 19.8 Å². The predicted molar refractivity (Wildman–Crippen MR) is 238 cm³/mol. The Labute approximate surface area is 348 Å². The van der Waals surface area contributed by atoms with Crippen LogP contribution in [-0.4, -0.2) is 68.3 Å². The minimum atomic E-state index is -4.38. The molecule has 1 N–H and O–H groups in total. The number of ether oxygens (including phenoxy) is 2.